The molecule has 4 rings (SSSR count). The van der Waals surface area contributed by atoms with Crippen molar-refractivity contribution in [1.82, 2.24) is 10.6 Å². The minimum absolute atomic E-state index is 0.0733. The largest absolute Gasteiger partial charge is 0.507 e. The lowest BCUT2D eigenvalue weighted by molar-refractivity contribution is 0.0916. The van der Waals surface area contributed by atoms with Gasteiger partial charge in [0, 0.05) is 12.1 Å². The zero-order valence-electron chi connectivity index (χ0n) is 21.7. The fourth-order valence-electron chi connectivity index (χ4n) is 4.20. The van der Waals surface area contributed by atoms with Crippen LogP contribution in [0.2, 0.25) is 5.02 Å². The molecular formula is C31H30ClN3O4. The van der Waals surface area contributed by atoms with Crippen molar-refractivity contribution >= 4 is 17.5 Å². The van der Waals surface area contributed by atoms with Crippen LogP contribution in [0.4, 0.5) is 0 Å². The number of rotatable bonds is 10. The molecule has 4 N–H and O–H groups in total. The number of aliphatic hydroxyl groups excluding tert-OH is 1. The molecule has 2 unspecified atom stereocenters. The number of carbonyl (C=O) groups is 1. The minimum atomic E-state index is -0.574. The SMILES string of the molecule is Cc1ccc(C(C)NCc2ccc(-c3cc(C(=O)NC(CO)Cc4ccc(C#N)cc4)c(Cl)cc3O)o2)cc1. The van der Waals surface area contributed by atoms with Crippen LogP contribution in [0.1, 0.15) is 51.3 Å². The van der Waals surface area contributed by atoms with E-state index in [9.17, 15) is 15.0 Å². The van der Waals surface area contributed by atoms with Crippen molar-refractivity contribution in [3.05, 3.63) is 111 Å². The molecule has 7 nitrogen and oxygen atoms in total. The predicted octanol–water partition coefficient (Wildman–Crippen LogP) is 5.67. The molecule has 0 saturated carbocycles. The van der Waals surface area contributed by atoms with E-state index in [1.54, 1.807) is 30.3 Å². The van der Waals surface area contributed by atoms with Gasteiger partial charge < -0.3 is 25.3 Å². The van der Waals surface area contributed by atoms with Crippen LogP contribution in [0.25, 0.3) is 11.3 Å². The van der Waals surface area contributed by atoms with Gasteiger partial charge in [-0.2, -0.15) is 5.26 Å². The second kappa shape index (κ2) is 12.6. The number of phenolic OH excluding ortho intramolecular Hbond substituents is 1. The van der Waals surface area contributed by atoms with Crippen LogP contribution in [0.3, 0.4) is 0 Å². The van der Waals surface area contributed by atoms with Crippen LogP contribution in [0.15, 0.2) is 77.2 Å². The van der Waals surface area contributed by atoms with Crippen molar-refractivity contribution in [2.75, 3.05) is 6.61 Å². The predicted molar refractivity (Wildman–Crippen MR) is 150 cm³/mol. The van der Waals surface area contributed by atoms with E-state index in [0.717, 1.165) is 5.56 Å². The Labute approximate surface area is 232 Å². The molecule has 2 atom stereocenters. The molecule has 0 bridgehead atoms. The number of amides is 1. The number of aromatic hydroxyl groups is 1. The maximum atomic E-state index is 13.1. The van der Waals surface area contributed by atoms with Crippen molar-refractivity contribution in [1.29, 1.82) is 5.26 Å². The maximum Gasteiger partial charge on any atom is 0.253 e. The number of benzene rings is 3. The number of carbonyl (C=O) groups excluding carboxylic acids is 1. The van der Waals surface area contributed by atoms with Crippen molar-refractivity contribution in [3.63, 3.8) is 0 Å². The first-order chi connectivity index (χ1) is 18.8. The highest BCUT2D eigenvalue weighted by Gasteiger charge is 2.20. The summed E-state index contributed by atoms with van der Waals surface area (Å²) in [5.74, 6) is 0.463. The molecule has 3 aromatic carbocycles. The number of phenols is 1. The van der Waals surface area contributed by atoms with E-state index >= 15 is 0 Å². The Morgan fingerprint density at radius 3 is 2.46 bits per heavy atom. The number of aryl methyl sites for hydroxylation is 1. The van der Waals surface area contributed by atoms with Gasteiger partial charge in [-0.05, 0) is 61.7 Å². The highest BCUT2D eigenvalue weighted by atomic mass is 35.5. The molecule has 0 aliphatic heterocycles. The summed E-state index contributed by atoms with van der Waals surface area (Å²) in [5, 5.41) is 35.7. The summed E-state index contributed by atoms with van der Waals surface area (Å²) in [5.41, 5.74) is 4.24. The Morgan fingerprint density at radius 2 is 1.79 bits per heavy atom. The van der Waals surface area contributed by atoms with E-state index in [1.165, 1.54) is 23.3 Å². The Morgan fingerprint density at radius 1 is 1.08 bits per heavy atom. The van der Waals surface area contributed by atoms with Crippen LogP contribution < -0.4 is 10.6 Å². The number of nitrogens with zero attached hydrogens (tertiary/aromatic N) is 1. The molecule has 0 radical (unpaired) electrons. The van der Waals surface area contributed by atoms with Gasteiger partial charge in [0.1, 0.15) is 17.3 Å². The van der Waals surface area contributed by atoms with Crippen LogP contribution in [0, 0.1) is 18.3 Å². The smallest absolute Gasteiger partial charge is 0.253 e. The standard InChI is InChI=1S/C31H30ClN3O4/c1-19-3-9-23(10-4-19)20(2)34-17-25-11-12-30(39-25)27-14-26(28(32)15-29(27)37)31(38)35-24(18-36)13-21-5-7-22(16-33)8-6-21/h3-12,14-15,20,24,34,36-37H,13,17-18H2,1-2H3,(H,35,38). The van der Waals surface area contributed by atoms with Gasteiger partial charge in [-0.15, -0.1) is 0 Å². The Kier molecular flexibility index (Phi) is 9.05. The van der Waals surface area contributed by atoms with Gasteiger partial charge >= 0.3 is 0 Å². The third-order valence-corrected chi connectivity index (χ3v) is 6.85. The summed E-state index contributed by atoms with van der Waals surface area (Å²) >= 11 is 6.31. The Balaban J connectivity index is 1.45. The molecule has 39 heavy (non-hydrogen) atoms. The molecular weight excluding hydrogens is 514 g/mol. The van der Waals surface area contributed by atoms with Gasteiger partial charge in [0.2, 0.25) is 0 Å². The maximum absolute atomic E-state index is 13.1. The van der Waals surface area contributed by atoms with E-state index in [1.807, 2.05) is 6.07 Å². The number of hydrogen-bond acceptors (Lipinski definition) is 6. The second-order valence-corrected chi connectivity index (χ2v) is 9.90. The lowest BCUT2D eigenvalue weighted by Gasteiger charge is -2.17. The molecule has 0 spiro atoms. The van der Waals surface area contributed by atoms with Gasteiger partial charge in [0.15, 0.2) is 0 Å². The first kappa shape index (κ1) is 27.9. The van der Waals surface area contributed by atoms with E-state index < -0.39 is 11.9 Å². The average Bonchev–Trinajstić information content (AvgIpc) is 3.40. The average molecular weight is 544 g/mol. The molecule has 0 saturated heterocycles. The lowest BCUT2D eigenvalue weighted by Crippen LogP contribution is -2.39. The highest BCUT2D eigenvalue weighted by Crippen LogP contribution is 2.35. The quantitative estimate of drug-likeness (QED) is 0.205. The summed E-state index contributed by atoms with van der Waals surface area (Å²) in [4.78, 5) is 13.1. The molecule has 200 valence electrons. The lowest BCUT2D eigenvalue weighted by atomic mass is 10.0. The number of halogens is 1. The third kappa shape index (κ3) is 7.06. The fourth-order valence-corrected chi connectivity index (χ4v) is 4.45. The Hall–Kier alpha value is -4.09. The topological polar surface area (TPSA) is 119 Å². The third-order valence-electron chi connectivity index (χ3n) is 6.54. The number of aliphatic hydroxyl groups is 1. The number of hydrogen-bond donors (Lipinski definition) is 4. The van der Waals surface area contributed by atoms with Crippen molar-refractivity contribution in [3.8, 4) is 23.1 Å². The second-order valence-electron chi connectivity index (χ2n) is 9.49. The number of nitrogens with one attached hydrogen (secondary N) is 2. The summed E-state index contributed by atoms with van der Waals surface area (Å²) in [6, 6.07) is 23.2. The zero-order chi connectivity index (χ0) is 27.9. The fraction of sp³-hybridized carbons (Fsp3) is 0.226. The van der Waals surface area contributed by atoms with E-state index in [0.29, 0.717) is 35.6 Å². The first-order valence-corrected chi connectivity index (χ1v) is 13.0. The van der Waals surface area contributed by atoms with Gasteiger partial charge in [-0.1, -0.05) is 53.6 Å². The molecule has 0 aliphatic rings. The van der Waals surface area contributed by atoms with Gasteiger partial charge in [0.05, 0.1) is 47.0 Å². The zero-order valence-corrected chi connectivity index (χ0v) is 22.5. The van der Waals surface area contributed by atoms with Crippen molar-refractivity contribution in [2.45, 2.75) is 38.9 Å². The van der Waals surface area contributed by atoms with Gasteiger partial charge in [-0.3, -0.25) is 4.79 Å². The molecule has 1 aromatic heterocycles. The van der Waals surface area contributed by atoms with Crippen LogP contribution >= 0.6 is 11.6 Å². The van der Waals surface area contributed by atoms with Gasteiger partial charge in [0.25, 0.3) is 5.91 Å². The summed E-state index contributed by atoms with van der Waals surface area (Å²) < 4.78 is 5.97. The van der Waals surface area contributed by atoms with E-state index in [4.69, 9.17) is 21.3 Å². The number of nitriles is 1. The van der Waals surface area contributed by atoms with Crippen molar-refractivity contribution < 1.29 is 19.4 Å². The minimum Gasteiger partial charge on any atom is -0.507 e. The normalized spacial score (nSPS) is 12.5. The molecule has 0 aliphatic carbocycles. The van der Waals surface area contributed by atoms with Crippen LogP contribution in [-0.2, 0) is 13.0 Å². The summed E-state index contributed by atoms with van der Waals surface area (Å²) in [6.45, 7) is 4.31. The van der Waals surface area contributed by atoms with E-state index in [2.05, 4.69) is 54.8 Å². The monoisotopic (exact) mass is 543 g/mol. The van der Waals surface area contributed by atoms with Gasteiger partial charge in [-0.25, -0.2) is 0 Å². The summed E-state index contributed by atoms with van der Waals surface area (Å²) in [7, 11) is 0. The highest BCUT2D eigenvalue weighted by molar-refractivity contribution is 6.34. The van der Waals surface area contributed by atoms with Crippen molar-refractivity contribution in [2.24, 2.45) is 0 Å². The van der Waals surface area contributed by atoms with Crippen LogP contribution in [-0.4, -0.2) is 28.8 Å². The number of furan rings is 1. The molecule has 0 fully saturated rings. The van der Waals surface area contributed by atoms with Crippen LogP contribution in [0.5, 0.6) is 5.75 Å². The molecule has 1 heterocycles. The van der Waals surface area contributed by atoms with E-state index in [-0.39, 0.29) is 29.0 Å². The summed E-state index contributed by atoms with van der Waals surface area (Å²) in [6.07, 6.45) is 0.367. The molecule has 8 heteroatoms. The molecule has 1 amide bonds. The first-order valence-electron chi connectivity index (χ1n) is 12.6. The Bertz CT molecular complexity index is 1470. The molecule has 4 aromatic rings.